The minimum atomic E-state index is -2.06. The zero-order chi connectivity index (χ0) is 12.7. The lowest BCUT2D eigenvalue weighted by Crippen LogP contribution is -2.00. The summed E-state index contributed by atoms with van der Waals surface area (Å²) in [7, 11) is 0. The second kappa shape index (κ2) is 4.72. The van der Waals surface area contributed by atoms with E-state index >= 15 is 0 Å². The number of hydrogen-bond acceptors (Lipinski definition) is 2. The van der Waals surface area contributed by atoms with Crippen molar-refractivity contribution in [3.63, 3.8) is 0 Å². The molecule has 0 saturated heterocycles. The van der Waals surface area contributed by atoms with Crippen molar-refractivity contribution in [1.82, 2.24) is 4.98 Å². The van der Waals surface area contributed by atoms with Gasteiger partial charge in [-0.15, -0.1) is 12.4 Å². The fraction of sp³-hybridized carbons (Fsp3) is 0.250. The maximum Gasteiger partial charge on any atom is 0.354 e. The molecule has 0 unspecified atom stereocenters. The van der Waals surface area contributed by atoms with Gasteiger partial charge in [0.05, 0.1) is 4.11 Å². The molecule has 12 heavy (non-hydrogen) atoms. The van der Waals surface area contributed by atoms with E-state index in [2.05, 4.69) is 4.98 Å². The molecule has 0 fully saturated rings. The minimum Gasteiger partial charge on any atom is -0.477 e. The van der Waals surface area contributed by atoms with Crippen molar-refractivity contribution in [2.45, 2.75) is 13.3 Å². The van der Waals surface area contributed by atoms with Gasteiger partial charge in [0.25, 0.3) is 0 Å². The summed E-state index contributed by atoms with van der Waals surface area (Å²) in [5.74, 6) is -1.51. The summed E-state index contributed by atoms with van der Waals surface area (Å²) in [6.07, 6.45) is -2.70. The zero-order valence-electron chi connectivity index (χ0n) is 11.2. The maximum absolute atomic E-state index is 10.7. The molecule has 1 heterocycles. The maximum atomic E-state index is 10.7. The molecule has 4 heteroatoms. The van der Waals surface area contributed by atoms with E-state index in [4.69, 9.17) is 12.0 Å². The molecule has 0 aromatic carbocycles. The van der Waals surface area contributed by atoms with Crippen LogP contribution in [0.25, 0.3) is 0 Å². The van der Waals surface area contributed by atoms with Crippen molar-refractivity contribution in [2.75, 3.05) is 0 Å². The van der Waals surface area contributed by atoms with Gasteiger partial charge in [0.1, 0.15) is 5.69 Å². The molecular weight excluding hydrogens is 178 g/mol. The van der Waals surface area contributed by atoms with Crippen molar-refractivity contribution in [3.05, 3.63) is 29.5 Å². The van der Waals surface area contributed by atoms with Gasteiger partial charge in [-0.3, -0.25) is 0 Å². The Morgan fingerprint density at radius 2 is 2.58 bits per heavy atom. The van der Waals surface area contributed by atoms with Crippen LogP contribution in [-0.4, -0.2) is 16.1 Å². The van der Waals surface area contributed by atoms with Gasteiger partial charge in [-0.05, 0) is 24.0 Å². The molecule has 0 aliphatic rings. The largest absolute Gasteiger partial charge is 0.477 e. The molecule has 3 nitrogen and oxygen atoms in total. The molecule has 1 N–H and O–H groups in total. The Balaban J connectivity index is 0.00000256. The smallest absolute Gasteiger partial charge is 0.354 e. The average Bonchev–Trinajstić information content (AvgIpc) is 2.08. The van der Waals surface area contributed by atoms with Crippen molar-refractivity contribution in [1.29, 1.82) is 0 Å². The lowest BCUT2D eigenvalue weighted by atomic mass is 10.2. The highest BCUT2D eigenvalue weighted by Crippen LogP contribution is 2.01. The first-order valence-electron chi connectivity index (χ1n) is 5.37. The molecule has 66 valence electrons. The molecule has 0 spiro atoms. The third-order valence-electron chi connectivity index (χ3n) is 1.04. The first kappa shape index (κ1) is 4.82. The molecule has 1 aromatic rings. The summed E-state index contributed by atoms with van der Waals surface area (Å²) in [6, 6.07) is -1.21. The Hall–Kier alpha value is -1.09. The quantitative estimate of drug-likeness (QED) is 0.777. The van der Waals surface area contributed by atoms with Crippen LogP contribution in [0.2, 0.25) is 0 Å². The monoisotopic (exact) mass is 192 g/mol. The number of hydrogen-bond donors (Lipinski definition) is 1. The fourth-order valence-corrected chi connectivity index (χ4v) is 0.544. The summed E-state index contributed by atoms with van der Waals surface area (Å²) < 4.78 is 37.0. The van der Waals surface area contributed by atoms with Gasteiger partial charge in [0.15, 0.2) is 0 Å². The predicted octanol–water partition coefficient (Wildman–Crippen LogP) is 1.76. The lowest BCUT2D eigenvalue weighted by Gasteiger charge is -1.96. The average molecular weight is 193 g/mol. The van der Waals surface area contributed by atoms with E-state index in [1.165, 1.54) is 0 Å². The van der Waals surface area contributed by atoms with Crippen LogP contribution in [0.1, 0.15) is 29.8 Å². The van der Waals surface area contributed by atoms with E-state index < -0.39 is 41.9 Å². The Bertz CT molecular complexity index is 460. The number of aromatic nitrogens is 1. The second-order valence-corrected chi connectivity index (χ2v) is 1.75. The molecule has 0 amide bonds. The third-order valence-corrected chi connectivity index (χ3v) is 1.04. The number of nitrogens with zero attached hydrogens (tertiary/aromatic N) is 1. The van der Waals surface area contributed by atoms with Crippen LogP contribution in [-0.2, 0) is 6.37 Å². The van der Waals surface area contributed by atoms with Gasteiger partial charge in [0.2, 0.25) is 0 Å². The Kier molecular flexibility index (Phi) is 1.90. The molecule has 0 aliphatic heterocycles. The van der Waals surface area contributed by atoms with E-state index in [9.17, 15) is 4.79 Å². The Labute approximate surface area is 83.9 Å². The Morgan fingerprint density at radius 1 is 1.92 bits per heavy atom. The Morgan fingerprint density at radius 3 is 3.08 bits per heavy atom. The number of carboxylic acid groups (broad SMARTS) is 1. The van der Waals surface area contributed by atoms with E-state index in [-0.39, 0.29) is 12.4 Å². The summed E-state index contributed by atoms with van der Waals surface area (Å²) in [5, 5.41) is 8.72. The first-order chi connectivity index (χ1) is 7.16. The second-order valence-electron chi connectivity index (χ2n) is 1.75. The van der Waals surface area contributed by atoms with Gasteiger partial charge in [-0.1, -0.05) is 6.92 Å². The van der Waals surface area contributed by atoms with Gasteiger partial charge in [-0.2, -0.15) is 0 Å². The summed E-state index contributed by atoms with van der Waals surface area (Å²) in [5.41, 5.74) is -1.13. The molecule has 0 aliphatic carbocycles. The number of carbonyl (C=O) groups is 1. The van der Waals surface area contributed by atoms with Crippen LogP contribution in [0, 0.1) is 0 Å². The van der Waals surface area contributed by atoms with Crippen molar-refractivity contribution in [3.8, 4) is 0 Å². The van der Waals surface area contributed by atoms with Crippen molar-refractivity contribution in [2.24, 2.45) is 0 Å². The van der Waals surface area contributed by atoms with Gasteiger partial charge in [-0.25, -0.2) is 9.78 Å². The molecule has 0 bridgehead atoms. The number of aromatic carboxylic acids is 1. The van der Waals surface area contributed by atoms with E-state index in [0.717, 1.165) is 6.92 Å². The number of carboxylic acids is 1. The normalized spacial score (nSPS) is 15.9. The molecule has 0 radical (unpaired) electrons. The first-order valence-corrected chi connectivity index (χ1v) is 2.87. The SMILES string of the molecule is Cl.[2H]c1nc(C(=O)O)c([2H])c(C([2H])([2H])C)c1[2H]. The number of pyridine rings is 1. The topological polar surface area (TPSA) is 50.2 Å². The summed E-state index contributed by atoms with van der Waals surface area (Å²) in [4.78, 5) is 14.0. The summed E-state index contributed by atoms with van der Waals surface area (Å²) >= 11 is 0. The van der Waals surface area contributed by atoms with Crippen molar-refractivity contribution < 1.29 is 16.8 Å². The highest BCUT2D eigenvalue weighted by atomic mass is 35.5. The highest BCUT2D eigenvalue weighted by Gasteiger charge is 2.02. The standard InChI is InChI=1S/C8H9NO2.ClH/c1-2-6-3-4-9-7(5-6)8(10)11;/h3-5H,2H2,1H3,(H,10,11);1H/i2D2,3D,4D,5D;. The summed E-state index contributed by atoms with van der Waals surface area (Å²) in [6.45, 7) is 1.10. The lowest BCUT2D eigenvalue weighted by molar-refractivity contribution is 0.0690. The predicted molar refractivity (Wildman–Crippen MR) is 47.8 cm³/mol. The van der Waals surface area contributed by atoms with Crippen LogP contribution in [0.4, 0.5) is 0 Å². The van der Waals surface area contributed by atoms with Crippen LogP contribution < -0.4 is 0 Å². The molecule has 0 saturated carbocycles. The molecule has 1 aromatic heterocycles. The third kappa shape index (κ3) is 2.51. The van der Waals surface area contributed by atoms with E-state index in [1.54, 1.807) is 0 Å². The number of halogens is 1. The van der Waals surface area contributed by atoms with Gasteiger partial charge < -0.3 is 5.11 Å². The minimum absolute atomic E-state index is 0. The molecule has 1 rings (SSSR count). The van der Waals surface area contributed by atoms with Crippen LogP contribution in [0.3, 0.4) is 0 Å². The zero-order valence-corrected chi connectivity index (χ0v) is 7.03. The van der Waals surface area contributed by atoms with Crippen LogP contribution in [0.15, 0.2) is 18.3 Å². The van der Waals surface area contributed by atoms with E-state index in [1.807, 2.05) is 0 Å². The highest BCUT2D eigenvalue weighted by molar-refractivity contribution is 5.85. The van der Waals surface area contributed by atoms with E-state index in [0.29, 0.717) is 0 Å². The molecule has 0 atom stereocenters. The fourth-order valence-electron chi connectivity index (χ4n) is 0.544. The number of rotatable bonds is 2. The van der Waals surface area contributed by atoms with Crippen molar-refractivity contribution >= 4 is 18.4 Å². The molecular formula is C8H10ClNO2. The van der Waals surface area contributed by atoms with Crippen LogP contribution >= 0.6 is 12.4 Å². The van der Waals surface area contributed by atoms with Gasteiger partial charge in [0, 0.05) is 8.91 Å². The van der Waals surface area contributed by atoms with Gasteiger partial charge >= 0.3 is 5.97 Å². The van der Waals surface area contributed by atoms with Crippen LogP contribution in [0.5, 0.6) is 0 Å².